The van der Waals surface area contributed by atoms with Crippen molar-refractivity contribution in [3.8, 4) is 0 Å². The van der Waals surface area contributed by atoms with E-state index in [1.165, 1.54) is 10.9 Å². The van der Waals surface area contributed by atoms with Crippen LogP contribution in [0.25, 0.3) is 10.9 Å². The minimum absolute atomic E-state index is 0.169. The van der Waals surface area contributed by atoms with Gasteiger partial charge in [0.05, 0.1) is 5.52 Å². The Morgan fingerprint density at radius 3 is 2.68 bits per heavy atom. The van der Waals surface area contributed by atoms with Crippen molar-refractivity contribution in [3.63, 3.8) is 0 Å². The lowest BCUT2D eigenvalue weighted by Crippen LogP contribution is -2.36. The maximum absolute atomic E-state index is 13.2. The molecule has 2 rings (SSSR count). The van der Waals surface area contributed by atoms with E-state index in [1.54, 1.807) is 12.1 Å². The van der Waals surface area contributed by atoms with Gasteiger partial charge in [0.25, 0.3) is 0 Å². The highest BCUT2D eigenvalue weighted by molar-refractivity contribution is 5.84. The Labute approximate surface area is 114 Å². The third kappa shape index (κ3) is 3.57. The molecule has 0 aliphatic rings. The Kier molecular flexibility index (Phi) is 3.95. The number of halogens is 1. The zero-order chi connectivity index (χ0) is 14.0. The molecule has 0 unspecified atom stereocenters. The van der Waals surface area contributed by atoms with Gasteiger partial charge in [0, 0.05) is 24.2 Å². The van der Waals surface area contributed by atoms with Gasteiger partial charge in [-0.2, -0.15) is 0 Å². The first kappa shape index (κ1) is 14.1. The smallest absolute Gasteiger partial charge is 0.125 e. The second-order valence-electron chi connectivity index (χ2n) is 6.21. The largest absolute Gasteiger partial charge is 0.350 e. The van der Waals surface area contributed by atoms with E-state index in [-0.39, 0.29) is 11.4 Å². The second kappa shape index (κ2) is 5.33. The van der Waals surface area contributed by atoms with Crippen LogP contribution in [0.4, 0.5) is 4.39 Å². The molecular formula is C16H23FN2. The van der Waals surface area contributed by atoms with Crippen molar-refractivity contribution < 1.29 is 4.39 Å². The third-order valence-corrected chi connectivity index (χ3v) is 3.31. The monoisotopic (exact) mass is 262 g/mol. The van der Waals surface area contributed by atoms with Gasteiger partial charge in [-0.3, -0.25) is 0 Å². The molecule has 1 N–H and O–H groups in total. The van der Waals surface area contributed by atoms with Crippen molar-refractivity contribution in [1.29, 1.82) is 0 Å². The summed E-state index contributed by atoms with van der Waals surface area (Å²) >= 11 is 0. The number of nitrogens with one attached hydrogen (secondary N) is 1. The second-order valence-corrected chi connectivity index (χ2v) is 6.21. The molecule has 0 bridgehead atoms. The summed E-state index contributed by atoms with van der Waals surface area (Å²) in [6, 6.07) is 5.03. The Balaban J connectivity index is 2.05. The number of hydrogen-bond donors (Lipinski definition) is 1. The fourth-order valence-electron chi connectivity index (χ4n) is 2.38. The van der Waals surface area contributed by atoms with Gasteiger partial charge in [-0.1, -0.05) is 0 Å². The van der Waals surface area contributed by atoms with Gasteiger partial charge in [0.15, 0.2) is 0 Å². The molecule has 104 valence electrons. The zero-order valence-electron chi connectivity index (χ0n) is 12.3. The fraction of sp³-hybridized carbons (Fsp3) is 0.500. The molecule has 0 atom stereocenters. The minimum Gasteiger partial charge on any atom is -0.350 e. The van der Waals surface area contributed by atoms with Gasteiger partial charge in [-0.05, 0) is 63.9 Å². The molecule has 0 fully saturated rings. The highest BCUT2D eigenvalue weighted by atomic mass is 19.1. The van der Waals surface area contributed by atoms with Gasteiger partial charge in [0.1, 0.15) is 5.82 Å². The van der Waals surface area contributed by atoms with E-state index in [0.717, 1.165) is 24.9 Å². The molecule has 0 aliphatic heterocycles. The normalized spacial score (nSPS) is 12.3. The zero-order valence-corrected chi connectivity index (χ0v) is 12.3. The summed E-state index contributed by atoms with van der Waals surface area (Å²) < 4.78 is 15.2. The van der Waals surface area contributed by atoms with E-state index in [9.17, 15) is 4.39 Å². The van der Waals surface area contributed by atoms with Crippen LogP contribution in [0.5, 0.6) is 0 Å². The highest BCUT2D eigenvalue weighted by Gasteiger charge is 2.09. The first-order chi connectivity index (χ1) is 8.87. The first-order valence-corrected chi connectivity index (χ1v) is 6.85. The number of benzene rings is 1. The standard InChI is InChI=1S/C16H23FN2/c1-16(2,3)18-9-5-6-12-11-19(4)15-10-13(17)7-8-14(12)15/h7-8,10-11,18H,5-6,9H2,1-4H3. The summed E-state index contributed by atoms with van der Waals surface area (Å²) in [6.45, 7) is 7.52. The summed E-state index contributed by atoms with van der Waals surface area (Å²) in [5, 5.41) is 4.66. The number of aromatic nitrogens is 1. The fourth-order valence-corrected chi connectivity index (χ4v) is 2.38. The van der Waals surface area contributed by atoms with Crippen molar-refractivity contribution in [2.24, 2.45) is 7.05 Å². The van der Waals surface area contributed by atoms with E-state index >= 15 is 0 Å². The molecule has 0 radical (unpaired) electrons. The van der Waals surface area contributed by atoms with Crippen LogP contribution in [0.15, 0.2) is 24.4 Å². The summed E-state index contributed by atoms with van der Waals surface area (Å²) in [6.07, 6.45) is 4.22. The third-order valence-electron chi connectivity index (χ3n) is 3.31. The van der Waals surface area contributed by atoms with Crippen molar-refractivity contribution in [3.05, 3.63) is 35.8 Å². The quantitative estimate of drug-likeness (QED) is 0.832. The van der Waals surface area contributed by atoms with E-state index in [4.69, 9.17) is 0 Å². The van der Waals surface area contributed by atoms with Crippen molar-refractivity contribution in [1.82, 2.24) is 9.88 Å². The molecule has 1 aromatic heterocycles. The minimum atomic E-state index is -0.172. The number of nitrogens with zero attached hydrogens (tertiary/aromatic N) is 1. The molecule has 1 heterocycles. The Bertz CT molecular complexity index is 564. The lowest BCUT2D eigenvalue weighted by atomic mass is 10.1. The highest BCUT2D eigenvalue weighted by Crippen LogP contribution is 2.22. The molecular weight excluding hydrogens is 239 g/mol. The van der Waals surface area contributed by atoms with Crippen LogP contribution >= 0.6 is 0 Å². The van der Waals surface area contributed by atoms with Crippen LogP contribution in [0, 0.1) is 5.82 Å². The molecule has 1 aromatic carbocycles. The maximum atomic E-state index is 13.2. The average Bonchev–Trinajstić information content (AvgIpc) is 2.60. The molecule has 0 spiro atoms. The molecule has 3 heteroatoms. The van der Waals surface area contributed by atoms with Crippen LogP contribution in [-0.4, -0.2) is 16.7 Å². The van der Waals surface area contributed by atoms with Gasteiger partial charge >= 0.3 is 0 Å². The SMILES string of the molecule is Cn1cc(CCCNC(C)(C)C)c2ccc(F)cc21. The molecule has 0 saturated heterocycles. The van der Waals surface area contributed by atoms with Gasteiger partial charge in [0.2, 0.25) is 0 Å². The van der Waals surface area contributed by atoms with Gasteiger partial charge in [-0.25, -0.2) is 4.39 Å². The molecule has 2 nitrogen and oxygen atoms in total. The van der Waals surface area contributed by atoms with Crippen molar-refractivity contribution in [2.75, 3.05) is 6.54 Å². The number of fused-ring (bicyclic) bond motifs is 1. The van der Waals surface area contributed by atoms with Crippen LogP contribution < -0.4 is 5.32 Å². The predicted octanol–water partition coefficient (Wildman–Crippen LogP) is 3.64. The van der Waals surface area contributed by atoms with E-state index in [1.807, 2.05) is 17.7 Å². The van der Waals surface area contributed by atoms with Gasteiger partial charge < -0.3 is 9.88 Å². The average molecular weight is 262 g/mol. The predicted molar refractivity (Wildman–Crippen MR) is 79.0 cm³/mol. The topological polar surface area (TPSA) is 17.0 Å². The van der Waals surface area contributed by atoms with Crippen LogP contribution in [0.2, 0.25) is 0 Å². The number of hydrogen-bond acceptors (Lipinski definition) is 1. The molecule has 0 saturated carbocycles. The lowest BCUT2D eigenvalue weighted by Gasteiger charge is -2.20. The van der Waals surface area contributed by atoms with E-state index in [2.05, 4.69) is 32.3 Å². The maximum Gasteiger partial charge on any atom is 0.125 e. The number of aryl methyl sites for hydroxylation is 2. The van der Waals surface area contributed by atoms with Crippen LogP contribution in [-0.2, 0) is 13.5 Å². The Morgan fingerprint density at radius 2 is 2.00 bits per heavy atom. The summed E-state index contributed by atoms with van der Waals surface area (Å²) in [5.41, 5.74) is 2.44. The first-order valence-electron chi connectivity index (χ1n) is 6.85. The van der Waals surface area contributed by atoms with Crippen molar-refractivity contribution >= 4 is 10.9 Å². The Hall–Kier alpha value is -1.35. The summed E-state index contributed by atoms with van der Waals surface area (Å²) in [5.74, 6) is -0.172. The van der Waals surface area contributed by atoms with Crippen LogP contribution in [0.1, 0.15) is 32.8 Å². The van der Waals surface area contributed by atoms with Crippen molar-refractivity contribution in [2.45, 2.75) is 39.2 Å². The summed E-state index contributed by atoms with van der Waals surface area (Å²) in [4.78, 5) is 0. The molecule has 0 amide bonds. The van der Waals surface area contributed by atoms with Crippen LogP contribution in [0.3, 0.4) is 0 Å². The molecule has 2 aromatic rings. The van der Waals surface area contributed by atoms with E-state index in [0.29, 0.717) is 0 Å². The van der Waals surface area contributed by atoms with Gasteiger partial charge in [-0.15, -0.1) is 0 Å². The lowest BCUT2D eigenvalue weighted by molar-refractivity contribution is 0.422. The molecule has 19 heavy (non-hydrogen) atoms. The number of rotatable bonds is 4. The molecule has 0 aliphatic carbocycles. The van der Waals surface area contributed by atoms with E-state index < -0.39 is 0 Å². The summed E-state index contributed by atoms with van der Waals surface area (Å²) in [7, 11) is 1.97. The Morgan fingerprint density at radius 1 is 1.26 bits per heavy atom.